The third-order valence-electron chi connectivity index (χ3n) is 2.01. The molecule has 0 amide bonds. The number of halogens is 1. The van der Waals surface area contributed by atoms with Crippen LogP contribution in [0.4, 0.5) is 0 Å². The number of rotatable bonds is 2. The molecule has 0 aliphatic heterocycles. The van der Waals surface area contributed by atoms with Crippen LogP contribution in [0.25, 0.3) is 5.69 Å². The van der Waals surface area contributed by atoms with Gasteiger partial charge in [-0.3, -0.25) is 4.98 Å². The molecule has 0 aliphatic carbocycles. The molecule has 2 aromatic heterocycles. The van der Waals surface area contributed by atoms with E-state index >= 15 is 0 Å². The Labute approximate surface area is 92.1 Å². The average Bonchev–Trinajstić information content (AvgIpc) is 2.65. The Kier molecular flexibility index (Phi) is 2.70. The molecule has 0 saturated heterocycles. The van der Waals surface area contributed by atoms with Crippen LogP contribution >= 0.6 is 11.6 Å². The molecule has 15 heavy (non-hydrogen) atoms. The maximum absolute atomic E-state index is 9.28. The molecule has 0 fully saturated rings. The highest BCUT2D eigenvalue weighted by atomic mass is 35.5. The normalized spacial score (nSPS) is 12.7. The van der Waals surface area contributed by atoms with Crippen LogP contribution in [0.3, 0.4) is 0 Å². The minimum atomic E-state index is -0.555. The summed E-state index contributed by atoms with van der Waals surface area (Å²) in [7, 11) is 0. The Balaban J connectivity index is 2.31. The standard InChI is InChI=1S/C10H10ClN3O/c1-7(15)10-3-2-9(5-12-10)14-6-8(11)4-13-14/h2-7,15H,1H3/t7-/m1/s1. The third-order valence-corrected chi connectivity index (χ3v) is 2.21. The summed E-state index contributed by atoms with van der Waals surface area (Å²) in [5, 5.41) is 13.9. The minimum Gasteiger partial charge on any atom is -0.387 e. The van der Waals surface area contributed by atoms with Crippen LogP contribution in [0, 0.1) is 0 Å². The lowest BCUT2D eigenvalue weighted by Gasteiger charge is -2.04. The van der Waals surface area contributed by atoms with Crippen molar-refractivity contribution in [2.75, 3.05) is 0 Å². The van der Waals surface area contributed by atoms with Crippen molar-refractivity contribution in [1.29, 1.82) is 0 Å². The summed E-state index contributed by atoms with van der Waals surface area (Å²) in [6, 6.07) is 3.59. The molecule has 4 nitrogen and oxygen atoms in total. The highest BCUT2D eigenvalue weighted by Gasteiger charge is 2.03. The summed E-state index contributed by atoms with van der Waals surface area (Å²) in [5.41, 5.74) is 1.45. The van der Waals surface area contributed by atoms with Gasteiger partial charge in [-0.15, -0.1) is 0 Å². The van der Waals surface area contributed by atoms with Crippen molar-refractivity contribution in [1.82, 2.24) is 14.8 Å². The zero-order chi connectivity index (χ0) is 10.8. The second-order valence-corrected chi connectivity index (χ2v) is 3.66. The molecular weight excluding hydrogens is 214 g/mol. The van der Waals surface area contributed by atoms with E-state index in [0.29, 0.717) is 10.7 Å². The largest absolute Gasteiger partial charge is 0.387 e. The van der Waals surface area contributed by atoms with Gasteiger partial charge in [0, 0.05) is 6.20 Å². The summed E-state index contributed by atoms with van der Waals surface area (Å²) in [4.78, 5) is 4.11. The smallest absolute Gasteiger partial charge is 0.0931 e. The van der Waals surface area contributed by atoms with Crippen LogP contribution in [0.15, 0.2) is 30.7 Å². The van der Waals surface area contributed by atoms with Gasteiger partial charge >= 0.3 is 0 Å². The van der Waals surface area contributed by atoms with Gasteiger partial charge in [0.25, 0.3) is 0 Å². The summed E-state index contributed by atoms with van der Waals surface area (Å²) >= 11 is 5.75. The molecule has 0 spiro atoms. The van der Waals surface area contributed by atoms with E-state index in [2.05, 4.69) is 10.1 Å². The highest BCUT2D eigenvalue weighted by molar-refractivity contribution is 6.30. The summed E-state index contributed by atoms with van der Waals surface area (Å²) in [6.45, 7) is 1.67. The van der Waals surface area contributed by atoms with Crippen molar-refractivity contribution in [2.45, 2.75) is 13.0 Å². The average molecular weight is 224 g/mol. The van der Waals surface area contributed by atoms with Gasteiger partial charge in [0.05, 0.1) is 34.9 Å². The minimum absolute atomic E-state index is 0.555. The van der Waals surface area contributed by atoms with E-state index in [-0.39, 0.29) is 0 Å². The van der Waals surface area contributed by atoms with Crippen molar-refractivity contribution < 1.29 is 5.11 Å². The molecule has 0 bridgehead atoms. The lowest BCUT2D eigenvalue weighted by molar-refractivity contribution is 0.194. The Hall–Kier alpha value is -1.39. The SMILES string of the molecule is C[C@@H](O)c1ccc(-n2cc(Cl)cn2)cn1. The van der Waals surface area contributed by atoms with E-state index in [1.807, 2.05) is 6.07 Å². The Morgan fingerprint density at radius 2 is 2.20 bits per heavy atom. The number of hydrogen-bond donors (Lipinski definition) is 1. The fourth-order valence-electron chi connectivity index (χ4n) is 1.22. The first-order chi connectivity index (χ1) is 7.16. The van der Waals surface area contributed by atoms with Gasteiger partial charge in [-0.05, 0) is 19.1 Å². The summed E-state index contributed by atoms with van der Waals surface area (Å²) in [5.74, 6) is 0. The molecule has 1 atom stereocenters. The number of pyridine rings is 1. The van der Waals surface area contributed by atoms with Crippen molar-refractivity contribution in [3.05, 3.63) is 41.4 Å². The van der Waals surface area contributed by atoms with E-state index in [4.69, 9.17) is 11.6 Å². The van der Waals surface area contributed by atoms with E-state index < -0.39 is 6.10 Å². The van der Waals surface area contributed by atoms with Gasteiger partial charge < -0.3 is 5.11 Å². The molecule has 5 heteroatoms. The predicted molar refractivity (Wildman–Crippen MR) is 57.0 cm³/mol. The Bertz CT molecular complexity index is 450. The number of nitrogens with zero attached hydrogens (tertiary/aromatic N) is 3. The molecule has 2 aromatic rings. The van der Waals surface area contributed by atoms with Gasteiger partial charge in [-0.25, -0.2) is 4.68 Å². The summed E-state index contributed by atoms with van der Waals surface area (Å²) < 4.78 is 1.63. The monoisotopic (exact) mass is 223 g/mol. The topological polar surface area (TPSA) is 50.9 Å². The fraction of sp³-hybridized carbons (Fsp3) is 0.200. The molecule has 0 saturated carbocycles. The highest BCUT2D eigenvalue weighted by Crippen LogP contribution is 2.13. The van der Waals surface area contributed by atoms with E-state index in [9.17, 15) is 5.11 Å². The van der Waals surface area contributed by atoms with Crippen LogP contribution in [0.1, 0.15) is 18.7 Å². The van der Waals surface area contributed by atoms with Crippen LogP contribution in [0.2, 0.25) is 5.02 Å². The fourth-order valence-corrected chi connectivity index (χ4v) is 1.36. The molecule has 0 aliphatic rings. The maximum Gasteiger partial charge on any atom is 0.0931 e. The number of aliphatic hydroxyl groups is 1. The lowest BCUT2D eigenvalue weighted by Crippen LogP contribution is -1.99. The zero-order valence-electron chi connectivity index (χ0n) is 8.13. The Morgan fingerprint density at radius 1 is 1.40 bits per heavy atom. The molecule has 2 heterocycles. The second kappa shape index (κ2) is 4.00. The van der Waals surface area contributed by atoms with Crippen molar-refractivity contribution in [3.8, 4) is 5.69 Å². The van der Waals surface area contributed by atoms with Crippen LogP contribution in [0.5, 0.6) is 0 Å². The van der Waals surface area contributed by atoms with Crippen molar-refractivity contribution in [2.24, 2.45) is 0 Å². The van der Waals surface area contributed by atoms with Gasteiger partial charge in [-0.2, -0.15) is 5.10 Å². The van der Waals surface area contributed by atoms with Gasteiger partial charge in [-0.1, -0.05) is 11.6 Å². The first-order valence-corrected chi connectivity index (χ1v) is 4.89. The molecule has 78 valence electrons. The molecule has 0 unspecified atom stereocenters. The number of aromatic nitrogens is 3. The number of hydrogen-bond acceptors (Lipinski definition) is 3. The first-order valence-electron chi connectivity index (χ1n) is 4.51. The quantitative estimate of drug-likeness (QED) is 0.847. The lowest BCUT2D eigenvalue weighted by atomic mass is 10.2. The zero-order valence-corrected chi connectivity index (χ0v) is 8.89. The third kappa shape index (κ3) is 2.16. The van der Waals surface area contributed by atoms with E-state index in [1.165, 1.54) is 0 Å². The molecule has 1 N–H and O–H groups in total. The number of aliphatic hydroxyl groups excluding tert-OH is 1. The summed E-state index contributed by atoms with van der Waals surface area (Å²) in [6.07, 6.45) is 4.34. The van der Waals surface area contributed by atoms with Crippen LogP contribution < -0.4 is 0 Å². The second-order valence-electron chi connectivity index (χ2n) is 3.22. The van der Waals surface area contributed by atoms with Crippen LogP contribution in [-0.4, -0.2) is 19.9 Å². The van der Waals surface area contributed by atoms with Gasteiger partial charge in [0.2, 0.25) is 0 Å². The first kappa shape index (κ1) is 10.1. The van der Waals surface area contributed by atoms with Crippen molar-refractivity contribution in [3.63, 3.8) is 0 Å². The van der Waals surface area contributed by atoms with E-state index in [0.717, 1.165) is 5.69 Å². The van der Waals surface area contributed by atoms with Crippen molar-refractivity contribution >= 4 is 11.6 Å². The molecule has 2 rings (SSSR count). The molecular formula is C10H10ClN3O. The van der Waals surface area contributed by atoms with Crippen LogP contribution in [-0.2, 0) is 0 Å². The Morgan fingerprint density at radius 3 is 2.67 bits per heavy atom. The molecule has 0 radical (unpaired) electrons. The van der Waals surface area contributed by atoms with Gasteiger partial charge in [0.15, 0.2) is 0 Å². The predicted octanol–water partition coefficient (Wildman–Crippen LogP) is 1.97. The van der Waals surface area contributed by atoms with Gasteiger partial charge in [0.1, 0.15) is 0 Å². The molecule has 0 aromatic carbocycles. The maximum atomic E-state index is 9.28. The van der Waals surface area contributed by atoms with E-state index in [1.54, 1.807) is 36.3 Å².